The zero-order chi connectivity index (χ0) is 35.4. The maximum absolute atomic E-state index is 9.08. The van der Waals surface area contributed by atoms with Gasteiger partial charge in [-0.15, -0.1) is 0 Å². The Kier molecular flexibility index (Phi) is 9.52. The third-order valence-corrected chi connectivity index (χ3v) is 10.5. The monoisotopic (exact) mass is 732 g/mol. The number of rotatable bonds is 2. The van der Waals surface area contributed by atoms with Crippen LogP contribution >= 0.6 is 15.9 Å². The summed E-state index contributed by atoms with van der Waals surface area (Å²) >= 11 is 3.68. The van der Waals surface area contributed by atoms with E-state index in [4.69, 9.17) is 10.0 Å². The van der Waals surface area contributed by atoms with Crippen LogP contribution in [0.5, 0.6) is 0 Å². The van der Waals surface area contributed by atoms with E-state index in [1.54, 1.807) is 6.07 Å². The average molecular weight is 734 g/mol. The van der Waals surface area contributed by atoms with Crippen LogP contribution in [0.25, 0.3) is 75.8 Å². The van der Waals surface area contributed by atoms with Crippen molar-refractivity contribution in [2.24, 2.45) is 0 Å². The molecule has 248 valence electrons. The highest BCUT2D eigenvalue weighted by molar-refractivity contribution is 9.10. The van der Waals surface area contributed by atoms with Gasteiger partial charge in [0.1, 0.15) is 0 Å². The zero-order valence-electron chi connectivity index (χ0n) is 28.3. The fourth-order valence-corrected chi connectivity index (χ4v) is 7.90. The number of halogens is 1. The van der Waals surface area contributed by atoms with Crippen LogP contribution in [-0.4, -0.2) is 17.2 Å². The van der Waals surface area contributed by atoms with Crippen molar-refractivity contribution in [3.8, 4) is 11.1 Å². The number of benzene rings is 10. The molecule has 0 saturated carbocycles. The molecule has 10 rings (SSSR count). The first-order chi connectivity index (χ1) is 25.6. The van der Waals surface area contributed by atoms with Gasteiger partial charge < -0.3 is 10.0 Å². The van der Waals surface area contributed by atoms with Crippen LogP contribution in [0, 0.1) is 0 Å². The SMILES string of the molecule is Brc1c2ccccc2cc2ccccc12.OB(O)c1cccc2ccccc12.c1ccc2c(-c3c4ccccc4cc4ccccc34)cccc2c1. The summed E-state index contributed by atoms with van der Waals surface area (Å²) in [7, 11) is -1.40. The number of fused-ring (bicyclic) bond motifs is 6. The fourth-order valence-electron chi connectivity index (χ4n) is 7.18. The minimum absolute atomic E-state index is 0.554. The minimum atomic E-state index is -1.40. The van der Waals surface area contributed by atoms with Gasteiger partial charge in [0.05, 0.1) is 0 Å². The molecule has 0 atom stereocenters. The Morgan fingerprint density at radius 3 is 1.17 bits per heavy atom. The van der Waals surface area contributed by atoms with E-state index in [9.17, 15) is 0 Å². The van der Waals surface area contributed by atoms with Gasteiger partial charge in [0, 0.05) is 4.47 Å². The number of hydrogen-bond donors (Lipinski definition) is 2. The molecule has 0 aliphatic heterocycles. The first kappa shape index (κ1) is 33.4. The molecule has 10 aromatic rings. The van der Waals surface area contributed by atoms with Crippen LogP contribution in [0.15, 0.2) is 199 Å². The molecular formula is C48H34BBrO2. The van der Waals surface area contributed by atoms with E-state index in [1.807, 2.05) is 36.4 Å². The van der Waals surface area contributed by atoms with Crippen LogP contribution in [0.3, 0.4) is 0 Å². The van der Waals surface area contributed by atoms with Gasteiger partial charge in [-0.05, 0) is 109 Å². The van der Waals surface area contributed by atoms with Crippen molar-refractivity contribution in [3.63, 3.8) is 0 Å². The Morgan fingerprint density at radius 2 is 0.673 bits per heavy atom. The van der Waals surface area contributed by atoms with Crippen molar-refractivity contribution < 1.29 is 10.0 Å². The summed E-state index contributed by atoms with van der Waals surface area (Å²) in [6.07, 6.45) is 0. The minimum Gasteiger partial charge on any atom is -0.423 e. The van der Waals surface area contributed by atoms with Gasteiger partial charge in [0.2, 0.25) is 0 Å². The predicted molar refractivity (Wildman–Crippen MR) is 227 cm³/mol. The molecule has 0 heterocycles. The maximum atomic E-state index is 9.08. The second-order valence-electron chi connectivity index (χ2n) is 12.8. The van der Waals surface area contributed by atoms with Crippen LogP contribution in [0.1, 0.15) is 0 Å². The summed E-state index contributed by atoms with van der Waals surface area (Å²) in [6.45, 7) is 0. The standard InChI is InChI=1S/C24H16.C14H9Br.C10H9BO2/c1-4-12-20-17(8-1)11-7-15-23(20)24-21-13-5-2-9-18(21)16-19-10-3-6-14-22(19)24;15-14-12-7-3-1-5-10(12)9-11-6-2-4-8-13(11)14;12-11(13)10-7-3-5-8-4-1-2-6-9(8)10/h1-16H;1-9H;1-7,12-13H. The summed E-state index contributed by atoms with van der Waals surface area (Å²) in [5.74, 6) is 0. The molecule has 0 aliphatic rings. The van der Waals surface area contributed by atoms with E-state index in [-0.39, 0.29) is 0 Å². The lowest BCUT2D eigenvalue weighted by Crippen LogP contribution is -2.30. The lowest BCUT2D eigenvalue weighted by molar-refractivity contribution is 0.426. The first-order valence-corrected chi connectivity index (χ1v) is 18.1. The average Bonchev–Trinajstić information content (AvgIpc) is 3.20. The van der Waals surface area contributed by atoms with E-state index < -0.39 is 7.12 Å². The summed E-state index contributed by atoms with van der Waals surface area (Å²) in [5.41, 5.74) is 3.19. The third kappa shape index (κ3) is 6.56. The molecule has 0 spiro atoms. The van der Waals surface area contributed by atoms with Gasteiger partial charge in [-0.2, -0.15) is 0 Å². The van der Waals surface area contributed by atoms with E-state index in [0.29, 0.717) is 5.46 Å². The Balaban J connectivity index is 0.000000119. The van der Waals surface area contributed by atoms with Crippen LogP contribution in [0.2, 0.25) is 0 Å². The van der Waals surface area contributed by atoms with E-state index in [2.05, 4.69) is 168 Å². The molecule has 0 bridgehead atoms. The molecule has 0 aromatic heterocycles. The van der Waals surface area contributed by atoms with Gasteiger partial charge in [0.15, 0.2) is 0 Å². The third-order valence-electron chi connectivity index (χ3n) is 9.64. The molecule has 2 N–H and O–H groups in total. The van der Waals surface area contributed by atoms with Crippen molar-refractivity contribution in [3.05, 3.63) is 199 Å². The van der Waals surface area contributed by atoms with Gasteiger partial charge in [-0.25, -0.2) is 0 Å². The second-order valence-corrected chi connectivity index (χ2v) is 13.6. The molecule has 0 radical (unpaired) electrons. The Hall–Kier alpha value is -5.78. The predicted octanol–water partition coefficient (Wildman–Crippen LogP) is 12.1. The summed E-state index contributed by atoms with van der Waals surface area (Å²) in [6, 6.07) is 67.1. The topological polar surface area (TPSA) is 40.5 Å². The Morgan fingerprint density at radius 1 is 0.327 bits per heavy atom. The van der Waals surface area contributed by atoms with Crippen molar-refractivity contribution in [1.29, 1.82) is 0 Å². The number of hydrogen-bond acceptors (Lipinski definition) is 2. The summed E-state index contributed by atoms with van der Waals surface area (Å²) < 4.78 is 1.19. The van der Waals surface area contributed by atoms with E-state index >= 15 is 0 Å². The molecule has 0 fully saturated rings. The van der Waals surface area contributed by atoms with Crippen LogP contribution in [0.4, 0.5) is 0 Å². The summed E-state index contributed by atoms with van der Waals surface area (Å²) in [4.78, 5) is 0. The quantitative estimate of drug-likeness (QED) is 0.137. The summed E-state index contributed by atoms with van der Waals surface area (Å²) in [5, 5.41) is 33.0. The van der Waals surface area contributed by atoms with Crippen molar-refractivity contribution in [1.82, 2.24) is 0 Å². The molecule has 2 nitrogen and oxygen atoms in total. The van der Waals surface area contributed by atoms with Crippen LogP contribution in [-0.2, 0) is 0 Å². The highest BCUT2D eigenvalue weighted by atomic mass is 79.9. The lowest BCUT2D eigenvalue weighted by atomic mass is 9.77. The molecular weight excluding hydrogens is 699 g/mol. The Bertz CT molecular complexity index is 2750. The lowest BCUT2D eigenvalue weighted by Gasteiger charge is -2.14. The van der Waals surface area contributed by atoms with Crippen molar-refractivity contribution in [2.45, 2.75) is 0 Å². The van der Waals surface area contributed by atoms with Gasteiger partial charge in [0.25, 0.3) is 0 Å². The van der Waals surface area contributed by atoms with Crippen molar-refractivity contribution >= 4 is 93.1 Å². The largest absolute Gasteiger partial charge is 0.489 e. The van der Waals surface area contributed by atoms with Gasteiger partial charge >= 0.3 is 7.12 Å². The van der Waals surface area contributed by atoms with Crippen LogP contribution < -0.4 is 5.46 Å². The molecule has 0 amide bonds. The van der Waals surface area contributed by atoms with Gasteiger partial charge in [-0.3, -0.25) is 0 Å². The molecule has 10 aromatic carbocycles. The fraction of sp³-hybridized carbons (Fsp3) is 0. The molecule has 52 heavy (non-hydrogen) atoms. The highest BCUT2D eigenvalue weighted by Gasteiger charge is 2.14. The highest BCUT2D eigenvalue weighted by Crippen LogP contribution is 2.39. The molecule has 0 saturated heterocycles. The Labute approximate surface area is 311 Å². The second kappa shape index (κ2) is 14.8. The molecule has 0 aliphatic carbocycles. The molecule has 0 unspecified atom stereocenters. The van der Waals surface area contributed by atoms with Crippen molar-refractivity contribution in [2.75, 3.05) is 0 Å². The smallest absolute Gasteiger partial charge is 0.423 e. The van der Waals surface area contributed by atoms with Gasteiger partial charge in [-0.1, -0.05) is 182 Å². The molecule has 4 heteroatoms. The maximum Gasteiger partial charge on any atom is 0.489 e. The zero-order valence-corrected chi connectivity index (χ0v) is 29.9. The van der Waals surface area contributed by atoms with E-state index in [1.165, 1.54) is 69.5 Å². The van der Waals surface area contributed by atoms with E-state index in [0.717, 1.165) is 10.8 Å². The normalized spacial score (nSPS) is 11.0. The first-order valence-electron chi connectivity index (χ1n) is 17.4.